The maximum absolute atomic E-state index is 11.2. The molecule has 1 unspecified atom stereocenters. The first-order chi connectivity index (χ1) is 7.20. The molecule has 1 aliphatic rings. The van der Waals surface area contributed by atoms with Gasteiger partial charge in [-0.15, -0.1) is 11.3 Å². The number of thiophene rings is 1. The van der Waals surface area contributed by atoms with Crippen LogP contribution in [0.15, 0.2) is 22.5 Å². The molecule has 0 aromatic carbocycles. The minimum absolute atomic E-state index is 0.316. The third-order valence-electron chi connectivity index (χ3n) is 2.27. The summed E-state index contributed by atoms with van der Waals surface area (Å²) in [4.78, 5) is 17.6. The van der Waals surface area contributed by atoms with Crippen LogP contribution in [0.1, 0.15) is 10.9 Å². The monoisotopic (exact) mass is 225 g/mol. The Bertz CT molecular complexity index is 388. The van der Waals surface area contributed by atoms with Gasteiger partial charge in [-0.05, 0) is 11.4 Å². The molecule has 1 aromatic heterocycles. The van der Waals surface area contributed by atoms with Gasteiger partial charge in [-0.2, -0.15) is 0 Å². The van der Waals surface area contributed by atoms with Gasteiger partial charge < -0.3 is 15.7 Å². The average molecular weight is 225 g/mol. The second-order valence-electron chi connectivity index (χ2n) is 3.19. The lowest BCUT2D eigenvalue weighted by atomic mass is 10.2. The second-order valence-corrected chi connectivity index (χ2v) is 4.17. The zero-order chi connectivity index (χ0) is 10.8. The van der Waals surface area contributed by atoms with Crippen molar-refractivity contribution in [2.45, 2.75) is 6.04 Å². The molecular formula is C9H11N3O2S. The summed E-state index contributed by atoms with van der Waals surface area (Å²) in [5, 5.41) is 11.0. The zero-order valence-corrected chi connectivity index (χ0v) is 8.78. The third kappa shape index (κ3) is 1.80. The van der Waals surface area contributed by atoms with Crippen molar-refractivity contribution in [1.82, 2.24) is 4.90 Å². The molecule has 0 saturated carbocycles. The highest BCUT2D eigenvalue weighted by molar-refractivity contribution is 7.10. The molecular weight excluding hydrogens is 214 g/mol. The smallest absolute Gasteiger partial charge is 0.331 e. The highest BCUT2D eigenvalue weighted by Gasteiger charge is 2.31. The lowest BCUT2D eigenvalue weighted by Crippen LogP contribution is -2.40. The number of hydrogen-bond acceptors (Lipinski definition) is 5. The number of carbonyl (C=O) groups is 1. The fourth-order valence-electron chi connectivity index (χ4n) is 1.59. The zero-order valence-electron chi connectivity index (χ0n) is 7.96. The maximum Gasteiger partial charge on any atom is 0.331 e. The molecule has 1 aromatic rings. The molecule has 5 nitrogen and oxygen atoms in total. The Hall–Kier alpha value is -1.56. The number of nitrogens with zero attached hydrogens (tertiary/aromatic N) is 2. The van der Waals surface area contributed by atoms with E-state index < -0.39 is 12.0 Å². The summed E-state index contributed by atoms with van der Waals surface area (Å²) in [5.41, 5.74) is 5.64. The standard InChI is InChI=1S/C9H11N3O2S/c10-9-11-3-4-12(9)7(8(13)14)6-2-1-5-15-6/h1-2,5,7H,3-4H2,(H2,10,11)(H,13,14). The Morgan fingerprint density at radius 1 is 1.73 bits per heavy atom. The first kappa shape index (κ1) is 9.97. The Balaban J connectivity index is 2.28. The summed E-state index contributed by atoms with van der Waals surface area (Å²) in [6, 6.07) is 2.94. The summed E-state index contributed by atoms with van der Waals surface area (Å²) < 4.78 is 0. The number of nitrogens with two attached hydrogens (primary N) is 1. The highest BCUT2D eigenvalue weighted by Crippen LogP contribution is 2.26. The lowest BCUT2D eigenvalue weighted by Gasteiger charge is -2.24. The van der Waals surface area contributed by atoms with Crippen molar-refractivity contribution < 1.29 is 9.90 Å². The van der Waals surface area contributed by atoms with E-state index in [1.54, 1.807) is 11.0 Å². The van der Waals surface area contributed by atoms with Crippen molar-refractivity contribution >= 4 is 23.3 Å². The van der Waals surface area contributed by atoms with Crippen molar-refractivity contribution in [1.29, 1.82) is 0 Å². The fraction of sp³-hybridized carbons (Fsp3) is 0.333. The van der Waals surface area contributed by atoms with Crippen LogP contribution < -0.4 is 5.73 Å². The van der Waals surface area contributed by atoms with Crippen molar-refractivity contribution in [3.05, 3.63) is 22.4 Å². The molecule has 2 heterocycles. The Morgan fingerprint density at radius 2 is 2.53 bits per heavy atom. The van der Waals surface area contributed by atoms with Crippen molar-refractivity contribution in [3.63, 3.8) is 0 Å². The van der Waals surface area contributed by atoms with E-state index in [0.29, 0.717) is 19.0 Å². The van der Waals surface area contributed by atoms with E-state index in [9.17, 15) is 9.90 Å². The van der Waals surface area contributed by atoms with Crippen molar-refractivity contribution in [2.75, 3.05) is 13.1 Å². The molecule has 0 spiro atoms. The first-order valence-corrected chi connectivity index (χ1v) is 5.41. The molecule has 0 aliphatic carbocycles. The number of carboxylic acid groups (broad SMARTS) is 1. The van der Waals surface area contributed by atoms with Gasteiger partial charge in [0, 0.05) is 11.4 Å². The molecule has 15 heavy (non-hydrogen) atoms. The third-order valence-corrected chi connectivity index (χ3v) is 3.19. The van der Waals surface area contributed by atoms with Crippen LogP contribution in [0, 0.1) is 0 Å². The highest BCUT2D eigenvalue weighted by atomic mass is 32.1. The summed E-state index contributed by atoms with van der Waals surface area (Å²) in [6.45, 7) is 1.14. The Morgan fingerprint density at radius 3 is 3.00 bits per heavy atom. The summed E-state index contributed by atoms with van der Waals surface area (Å²) in [5.74, 6) is -0.576. The summed E-state index contributed by atoms with van der Waals surface area (Å²) >= 11 is 1.42. The van der Waals surface area contributed by atoms with Gasteiger partial charge in [0.2, 0.25) is 0 Å². The number of hydrogen-bond donors (Lipinski definition) is 2. The number of carboxylic acids is 1. The van der Waals surface area contributed by atoms with E-state index in [4.69, 9.17) is 5.73 Å². The number of guanidine groups is 1. The number of aliphatic imine (C=N–C) groups is 1. The van der Waals surface area contributed by atoms with E-state index >= 15 is 0 Å². The van der Waals surface area contributed by atoms with E-state index in [0.717, 1.165) is 4.88 Å². The maximum atomic E-state index is 11.2. The molecule has 3 N–H and O–H groups in total. The van der Waals surface area contributed by atoms with E-state index in [2.05, 4.69) is 4.99 Å². The van der Waals surface area contributed by atoms with Crippen LogP contribution in [0.3, 0.4) is 0 Å². The molecule has 0 bridgehead atoms. The van der Waals surface area contributed by atoms with Crippen LogP contribution in [-0.4, -0.2) is 35.0 Å². The first-order valence-electron chi connectivity index (χ1n) is 4.53. The molecule has 0 saturated heterocycles. The molecule has 0 amide bonds. The lowest BCUT2D eigenvalue weighted by molar-refractivity contribution is -0.141. The topological polar surface area (TPSA) is 78.9 Å². The molecule has 1 atom stereocenters. The van der Waals surface area contributed by atoms with Gasteiger partial charge in [0.15, 0.2) is 12.0 Å². The fourth-order valence-corrected chi connectivity index (χ4v) is 2.42. The van der Waals surface area contributed by atoms with E-state index in [-0.39, 0.29) is 0 Å². The largest absolute Gasteiger partial charge is 0.479 e. The van der Waals surface area contributed by atoms with Crippen molar-refractivity contribution in [2.24, 2.45) is 10.7 Å². The van der Waals surface area contributed by atoms with Crippen LogP contribution in [0.25, 0.3) is 0 Å². The Kier molecular flexibility index (Phi) is 2.59. The molecule has 1 aliphatic heterocycles. The second kappa shape index (κ2) is 3.90. The minimum Gasteiger partial charge on any atom is -0.479 e. The molecule has 0 fully saturated rings. The van der Waals surface area contributed by atoms with Crippen LogP contribution in [0.5, 0.6) is 0 Å². The quantitative estimate of drug-likeness (QED) is 0.785. The van der Waals surface area contributed by atoms with Gasteiger partial charge in [0.25, 0.3) is 0 Å². The van der Waals surface area contributed by atoms with Crippen LogP contribution >= 0.6 is 11.3 Å². The predicted molar refractivity (Wildman–Crippen MR) is 57.9 cm³/mol. The van der Waals surface area contributed by atoms with Crippen LogP contribution in [0.4, 0.5) is 0 Å². The normalized spacial score (nSPS) is 17.6. The SMILES string of the molecule is NC1=NCCN1C(C(=O)O)c1cccs1. The number of rotatable bonds is 3. The van der Waals surface area contributed by atoms with Crippen LogP contribution in [-0.2, 0) is 4.79 Å². The average Bonchev–Trinajstić information content (AvgIpc) is 2.79. The van der Waals surface area contributed by atoms with Gasteiger partial charge >= 0.3 is 5.97 Å². The van der Waals surface area contributed by atoms with Crippen molar-refractivity contribution in [3.8, 4) is 0 Å². The Labute approximate surface area is 90.8 Å². The molecule has 80 valence electrons. The van der Waals surface area contributed by atoms with E-state index in [1.165, 1.54) is 11.3 Å². The summed E-state index contributed by atoms with van der Waals surface area (Å²) in [6.07, 6.45) is 0. The molecule has 6 heteroatoms. The van der Waals surface area contributed by atoms with E-state index in [1.807, 2.05) is 11.4 Å². The number of aliphatic carboxylic acids is 1. The predicted octanol–water partition coefficient (Wildman–Crippen LogP) is 0.504. The van der Waals surface area contributed by atoms with Gasteiger partial charge in [0.1, 0.15) is 0 Å². The molecule has 0 radical (unpaired) electrons. The van der Waals surface area contributed by atoms with Gasteiger partial charge in [-0.3, -0.25) is 4.99 Å². The van der Waals surface area contributed by atoms with Gasteiger partial charge in [-0.1, -0.05) is 6.07 Å². The van der Waals surface area contributed by atoms with Gasteiger partial charge in [0.05, 0.1) is 6.54 Å². The molecule has 2 rings (SSSR count). The minimum atomic E-state index is -0.891. The summed E-state index contributed by atoms with van der Waals surface area (Å²) in [7, 11) is 0. The van der Waals surface area contributed by atoms with Crippen LogP contribution in [0.2, 0.25) is 0 Å². The van der Waals surface area contributed by atoms with Gasteiger partial charge in [-0.25, -0.2) is 4.79 Å².